The number of benzene rings is 1. The van der Waals surface area contributed by atoms with Gasteiger partial charge in [-0.05, 0) is 25.8 Å². The van der Waals surface area contributed by atoms with Gasteiger partial charge in [-0.25, -0.2) is 0 Å². The number of carbonyl (C=O) groups is 2. The molecule has 0 radical (unpaired) electrons. The van der Waals surface area contributed by atoms with E-state index in [4.69, 9.17) is 4.74 Å². The van der Waals surface area contributed by atoms with Gasteiger partial charge in [-0.3, -0.25) is 9.59 Å². The topological polar surface area (TPSA) is 43.4 Å². The Morgan fingerprint density at radius 3 is 2.63 bits per heavy atom. The van der Waals surface area contributed by atoms with Gasteiger partial charge in [-0.2, -0.15) is 0 Å². The van der Waals surface area contributed by atoms with Crippen molar-refractivity contribution >= 4 is 17.8 Å². The third kappa shape index (κ3) is 2.99. The highest BCUT2D eigenvalue weighted by Gasteiger charge is 2.23. The molecule has 1 aliphatic rings. The van der Waals surface area contributed by atoms with Crippen LogP contribution in [0.4, 0.5) is 0 Å². The standard InChI is InChI=1S/C16H16O3/c1-11-5-3-4-6-14(11)16(19-10-9-17)12(2)15(18)13-7-8-13/h3-7,9H,8,10H2,1-2H3/b16-12-. The molecule has 2 rings (SSSR count). The molecule has 3 heteroatoms. The largest absolute Gasteiger partial charge is 0.485 e. The van der Waals surface area contributed by atoms with Gasteiger partial charge >= 0.3 is 0 Å². The molecular weight excluding hydrogens is 240 g/mol. The predicted molar refractivity (Wildman–Crippen MR) is 73.5 cm³/mol. The van der Waals surface area contributed by atoms with E-state index in [1.54, 1.807) is 6.92 Å². The van der Waals surface area contributed by atoms with Crippen molar-refractivity contribution in [3.05, 3.63) is 52.6 Å². The Hall–Kier alpha value is -2.16. The van der Waals surface area contributed by atoms with Crippen molar-refractivity contribution in [3.8, 4) is 0 Å². The van der Waals surface area contributed by atoms with Gasteiger partial charge in [0.25, 0.3) is 0 Å². The van der Waals surface area contributed by atoms with Crippen molar-refractivity contribution in [2.24, 2.45) is 0 Å². The van der Waals surface area contributed by atoms with Crippen molar-refractivity contribution in [3.63, 3.8) is 0 Å². The van der Waals surface area contributed by atoms with Crippen molar-refractivity contribution in [1.29, 1.82) is 0 Å². The Bertz CT molecular complexity index is 579. The lowest BCUT2D eigenvalue weighted by atomic mass is 10.0. The molecule has 98 valence electrons. The van der Waals surface area contributed by atoms with Gasteiger partial charge < -0.3 is 4.74 Å². The van der Waals surface area contributed by atoms with Gasteiger partial charge in [0.1, 0.15) is 12.4 Å². The molecular formula is C16H16O3. The Balaban J connectivity index is 2.42. The van der Waals surface area contributed by atoms with Gasteiger partial charge in [0.2, 0.25) is 0 Å². The van der Waals surface area contributed by atoms with Crippen molar-refractivity contribution in [1.82, 2.24) is 0 Å². The van der Waals surface area contributed by atoms with Crippen molar-refractivity contribution in [2.45, 2.75) is 20.3 Å². The van der Waals surface area contributed by atoms with E-state index in [1.807, 2.05) is 37.3 Å². The summed E-state index contributed by atoms with van der Waals surface area (Å²) in [6.07, 6.45) is 3.33. The molecule has 0 fully saturated rings. The fraction of sp³-hybridized carbons (Fsp3) is 0.250. The molecule has 0 unspecified atom stereocenters. The monoisotopic (exact) mass is 256 g/mol. The van der Waals surface area contributed by atoms with Crippen LogP contribution in [-0.2, 0) is 14.3 Å². The van der Waals surface area contributed by atoms with E-state index in [2.05, 4.69) is 0 Å². The molecule has 0 saturated heterocycles. The maximum atomic E-state index is 12.1. The fourth-order valence-corrected chi connectivity index (χ4v) is 1.91. The number of carbonyl (C=O) groups excluding carboxylic acids is 2. The summed E-state index contributed by atoms with van der Waals surface area (Å²) in [5, 5.41) is 0. The zero-order valence-electron chi connectivity index (χ0n) is 11.1. The van der Waals surface area contributed by atoms with Gasteiger partial charge in [-0.1, -0.05) is 30.3 Å². The highest BCUT2D eigenvalue weighted by atomic mass is 16.5. The maximum absolute atomic E-state index is 12.1. The molecule has 0 heterocycles. The van der Waals surface area contributed by atoms with E-state index in [9.17, 15) is 9.59 Å². The number of ether oxygens (including phenoxy) is 1. The van der Waals surface area contributed by atoms with Crippen molar-refractivity contribution in [2.75, 3.05) is 6.61 Å². The molecule has 19 heavy (non-hydrogen) atoms. The predicted octanol–water partition coefficient (Wildman–Crippen LogP) is 2.84. The quantitative estimate of drug-likeness (QED) is 0.446. The highest BCUT2D eigenvalue weighted by Crippen LogP contribution is 2.29. The SMILES string of the molecule is C/C(C(=O)C1=CC1)=C(/OCC=O)c1ccccc1C. The Morgan fingerprint density at radius 2 is 2.05 bits per heavy atom. The lowest BCUT2D eigenvalue weighted by Gasteiger charge is -2.13. The third-order valence-electron chi connectivity index (χ3n) is 3.07. The van der Waals surface area contributed by atoms with Crippen LogP contribution in [0.2, 0.25) is 0 Å². The van der Waals surface area contributed by atoms with Crippen LogP contribution >= 0.6 is 0 Å². The van der Waals surface area contributed by atoms with Crippen LogP contribution in [0.1, 0.15) is 24.5 Å². The van der Waals surface area contributed by atoms with E-state index >= 15 is 0 Å². The van der Waals surface area contributed by atoms with E-state index < -0.39 is 0 Å². The summed E-state index contributed by atoms with van der Waals surface area (Å²) in [7, 11) is 0. The first-order chi connectivity index (χ1) is 9.15. The van der Waals surface area contributed by atoms with Crippen LogP contribution in [0, 0.1) is 6.92 Å². The van der Waals surface area contributed by atoms with Gasteiger partial charge in [-0.15, -0.1) is 0 Å². The second kappa shape index (κ2) is 5.65. The molecule has 0 bridgehead atoms. The van der Waals surface area contributed by atoms with Gasteiger partial charge in [0.15, 0.2) is 12.1 Å². The molecule has 0 amide bonds. The normalized spacial score (nSPS) is 14.3. The Kier molecular flexibility index (Phi) is 3.95. The van der Waals surface area contributed by atoms with E-state index in [-0.39, 0.29) is 12.4 Å². The zero-order chi connectivity index (χ0) is 13.8. The molecule has 0 aliphatic heterocycles. The number of aldehydes is 1. The van der Waals surface area contributed by atoms with Crippen LogP contribution < -0.4 is 0 Å². The van der Waals surface area contributed by atoms with Crippen LogP contribution in [0.3, 0.4) is 0 Å². The number of aryl methyl sites for hydroxylation is 1. The molecule has 1 aromatic carbocycles. The van der Waals surface area contributed by atoms with Gasteiger partial charge in [0, 0.05) is 16.7 Å². The van der Waals surface area contributed by atoms with E-state index in [0.29, 0.717) is 17.6 Å². The maximum Gasteiger partial charge on any atom is 0.188 e. The molecule has 0 N–H and O–H groups in total. The van der Waals surface area contributed by atoms with Crippen LogP contribution in [-0.4, -0.2) is 18.7 Å². The number of ketones is 1. The first kappa shape index (κ1) is 13.3. The second-order valence-electron chi connectivity index (χ2n) is 4.51. The third-order valence-corrected chi connectivity index (χ3v) is 3.07. The summed E-state index contributed by atoms with van der Waals surface area (Å²) in [4.78, 5) is 22.6. The van der Waals surface area contributed by atoms with E-state index in [0.717, 1.165) is 23.1 Å². The van der Waals surface area contributed by atoms with Crippen LogP contribution in [0.15, 0.2) is 41.5 Å². The zero-order valence-corrected chi connectivity index (χ0v) is 11.1. The summed E-state index contributed by atoms with van der Waals surface area (Å²) < 4.78 is 5.48. The fourth-order valence-electron chi connectivity index (χ4n) is 1.91. The molecule has 0 aromatic heterocycles. The minimum atomic E-state index is -0.0483. The summed E-state index contributed by atoms with van der Waals surface area (Å²) in [5.74, 6) is 0.507. The lowest BCUT2D eigenvalue weighted by Crippen LogP contribution is -2.06. The average Bonchev–Trinajstić information content (AvgIpc) is 3.24. The molecule has 3 nitrogen and oxygen atoms in total. The number of Topliss-reactive ketones (excluding diaryl/α,β-unsaturated/α-hetero) is 1. The number of rotatable bonds is 6. The lowest BCUT2D eigenvalue weighted by molar-refractivity contribution is -0.112. The van der Waals surface area contributed by atoms with Crippen molar-refractivity contribution < 1.29 is 14.3 Å². The molecule has 0 atom stereocenters. The molecule has 1 aromatic rings. The minimum Gasteiger partial charge on any atom is -0.485 e. The smallest absolute Gasteiger partial charge is 0.188 e. The first-order valence-corrected chi connectivity index (χ1v) is 6.22. The number of hydrogen-bond acceptors (Lipinski definition) is 3. The van der Waals surface area contributed by atoms with Gasteiger partial charge in [0.05, 0.1) is 0 Å². The van der Waals surface area contributed by atoms with Crippen LogP contribution in [0.25, 0.3) is 5.76 Å². The summed E-state index contributed by atoms with van der Waals surface area (Å²) in [5.41, 5.74) is 3.25. The molecule has 1 aliphatic carbocycles. The Morgan fingerprint density at radius 1 is 1.37 bits per heavy atom. The second-order valence-corrected chi connectivity index (χ2v) is 4.51. The first-order valence-electron chi connectivity index (χ1n) is 6.22. The minimum absolute atomic E-state index is 0.00384. The molecule has 0 spiro atoms. The summed E-state index contributed by atoms with van der Waals surface area (Å²) in [6.45, 7) is 3.65. The Labute approximate surface area is 112 Å². The molecule has 0 saturated carbocycles. The van der Waals surface area contributed by atoms with E-state index in [1.165, 1.54) is 0 Å². The number of allylic oxidation sites excluding steroid dienone is 3. The number of hydrogen-bond donors (Lipinski definition) is 0. The summed E-state index contributed by atoms with van der Waals surface area (Å²) >= 11 is 0. The van der Waals surface area contributed by atoms with Crippen LogP contribution in [0.5, 0.6) is 0 Å². The average molecular weight is 256 g/mol. The summed E-state index contributed by atoms with van der Waals surface area (Å²) in [6, 6.07) is 7.67. The highest BCUT2D eigenvalue weighted by molar-refractivity contribution is 6.14.